The molecule has 1 aromatic carbocycles. The van der Waals surface area contributed by atoms with E-state index in [0.717, 1.165) is 31.4 Å². The van der Waals surface area contributed by atoms with Crippen molar-refractivity contribution < 1.29 is 17.9 Å². The molecule has 0 saturated heterocycles. The van der Waals surface area contributed by atoms with Gasteiger partial charge >= 0.3 is 6.18 Å². The number of aliphatic imine (C=N–C) groups is 1. The Morgan fingerprint density at radius 3 is 2.56 bits per heavy atom. The molecule has 2 rings (SSSR count). The molecule has 1 aromatic rings. The van der Waals surface area contributed by atoms with Crippen LogP contribution in [0.25, 0.3) is 0 Å². The van der Waals surface area contributed by atoms with Gasteiger partial charge in [0.05, 0.1) is 13.5 Å². The van der Waals surface area contributed by atoms with Crippen LogP contribution in [0.2, 0.25) is 0 Å². The molecule has 0 aromatic heterocycles. The summed E-state index contributed by atoms with van der Waals surface area (Å²) in [6.07, 6.45) is -0.703. The third-order valence-corrected chi connectivity index (χ3v) is 4.76. The molecule has 0 unspecified atom stereocenters. The number of rotatable bonds is 6. The number of methoxy groups -OCH3 is 1. The third-order valence-electron chi connectivity index (χ3n) is 4.76. The molecular weight excluding hydrogens is 331 g/mol. The summed E-state index contributed by atoms with van der Waals surface area (Å²) in [6.45, 7) is 0.446. The van der Waals surface area contributed by atoms with Crippen LogP contribution in [-0.2, 0) is 5.41 Å². The molecule has 0 amide bonds. The Bertz CT molecular complexity index is 581. The minimum atomic E-state index is -4.17. The fourth-order valence-electron chi connectivity index (χ4n) is 3.37. The van der Waals surface area contributed by atoms with Crippen molar-refractivity contribution in [2.24, 2.45) is 4.99 Å². The first-order valence-corrected chi connectivity index (χ1v) is 8.54. The van der Waals surface area contributed by atoms with Crippen LogP contribution in [0.3, 0.4) is 0 Å². The fourth-order valence-corrected chi connectivity index (χ4v) is 3.37. The first-order valence-electron chi connectivity index (χ1n) is 8.54. The van der Waals surface area contributed by atoms with E-state index in [1.807, 2.05) is 18.2 Å². The first kappa shape index (κ1) is 19.4. The summed E-state index contributed by atoms with van der Waals surface area (Å²) >= 11 is 0. The highest BCUT2D eigenvalue weighted by Gasteiger charge is 2.36. The van der Waals surface area contributed by atoms with Crippen LogP contribution in [0.1, 0.15) is 37.7 Å². The van der Waals surface area contributed by atoms with E-state index in [4.69, 9.17) is 4.74 Å². The van der Waals surface area contributed by atoms with Crippen LogP contribution >= 0.6 is 0 Å². The van der Waals surface area contributed by atoms with Crippen molar-refractivity contribution in [1.29, 1.82) is 0 Å². The van der Waals surface area contributed by atoms with Crippen molar-refractivity contribution in [3.8, 4) is 5.75 Å². The van der Waals surface area contributed by atoms with Gasteiger partial charge in [-0.2, -0.15) is 13.2 Å². The quantitative estimate of drug-likeness (QED) is 0.604. The Balaban J connectivity index is 2.01. The molecule has 1 aliphatic carbocycles. The lowest BCUT2D eigenvalue weighted by atomic mass is 9.78. The van der Waals surface area contributed by atoms with Gasteiger partial charge in [-0.15, -0.1) is 0 Å². The van der Waals surface area contributed by atoms with Crippen molar-refractivity contribution in [3.05, 3.63) is 29.8 Å². The monoisotopic (exact) mass is 357 g/mol. The molecule has 140 valence electrons. The van der Waals surface area contributed by atoms with E-state index in [1.54, 1.807) is 14.2 Å². The van der Waals surface area contributed by atoms with Gasteiger partial charge in [0.25, 0.3) is 0 Å². The van der Waals surface area contributed by atoms with E-state index in [1.165, 1.54) is 5.56 Å². The molecule has 2 N–H and O–H groups in total. The maximum Gasteiger partial charge on any atom is 0.390 e. The highest BCUT2D eigenvalue weighted by atomic mass is 19.4. The van der Waals surface area contributed by atoms with Crippen LogP contribution in [0.15, 0.2) is 29.3 Å². The molecule has 4 nitrogen and oxygen atoms in total. The molecule has 1 saturated carbocycles. The van der Waals surface area contributed by atoms with E-state index < -0.39 is 12.6 Å². The van der Waals surface area contributed by atoms with Crippen molar-refractivity contribution in [3.63, 3.8) is 0 Å². The molecule has 0 bridgehead atoms. The second-order valence-corrected chi connectivity index (χ2v) is 6.44. The van der Waals surface area contributed by atoms with Gasteiger partial charge < -0.3 is 15.4 Å². The topological polar surface area (TPSA) is 45.7 Å². The number of halogens is 3. The molecule has 0 spiro atoms. The Kier molecular flexibility index (Phi) is 6.56. The highest BCUT2D eigenvalue weighted by molar-refractivity contribution is 5.79. The lowest BCUT2D eigenvalue weighted by molar-refractivity contribution is -0.132. The summed E-state index contributed by atoms with van der Waals surface area (Å²) < 4.78 is 42.2. The Labute approximate surface area is 146 Å². The zero-order valence-electron chi connectivity index (χ0n) is 14.7. The predicted molar refractivity (Wildman–Crippen MR) is 93.2 cm³/mol. The van der Waals surface area contributed by atoms with E-state index in [9.17, 15) is 13.2 Å². The average Bonchev–Trinajstić information content (AvgIpc) is 3.07. The number of alkyl halides is 3. The highest BCUT2D eigenvalue weighted by Crippen LogP contribution is 2.41. The smallest absolute Gasteiger partial charge is 0.390 e. The maximum absolute atomic E-state index is 12.3. The van der Waals surface area contributed by atoms with Crippen molar-refractivity contribution in [1.82, 2.24) is 10.6 Å². The summed E-state index contributed by atoms with van der Waals surface area (Å²) in [5, 5.41) is 5.94. The molecule has 1 aliphatic rings. The molecule has 0 atom stereocenters. The Morgan fingerprint density at radius 2 is 1.96 bits per heavy atom. The second kappa shape index (κ2) is 8.45. The average molecular weight is 357 g/mol. The summed E-state index contributed by atoms with van der Waals surface area (Å²) in [7, 11) is 3.21. The summed E-state index contributed by atoms with van der Waals surface area (Å²) in [5.41, 5.74) is 1.15. The van der Waals surface area contributed by atoms with Gasteiger partial charge in [-0.1, -0.05) is 25.0 Å². The lowest BCUT2D eigenvalue weighted by Crippen LogP contribution is -2.45. The van der Waals surface area contributed by atoms with Gasteiger partial charge in [0, 0.05) is 25.6 Å². The molecular formula is C18H26F3N3O. The van der Waals surface area contributed by atoms with Gasteiger partial charge in [-0.25, -0.2) is 0 Å². The van der Waals surface area contributed by atoms with Crippen molar-refractivity contribution in [2.75, 3.05) is 27.2 Å². The summed E-state index contributed by atoms with van der Waals surface area (Å²) in [6, 6.07) is 8.03. The normalized spacial score (nSPS) is 17.4. The first-order chi connectivity index (χ1) is 11.9. The van der Waals surface area contributed by atoms with E-state index in [0.29, 0.717) is 12.5 Å². The fraction of sp³-hybridized carbons (Fsp3) is 0.611. The van der Waals surface area contributed by atoms with Crippen LogP contribution in [0, 0.1) is 0 Å². The number of nitrogens with one attached hydrogen (secondary N) is 2. The molecule has 0 heterocycles. The standard InChI is InChI=1S/C18H26F3N3O/c1-22-16(23-11-10-18(19,20)21)24-13-17(8-3-4-9-17)14-6-5-7-15(12-14)25-2/h5-7,12H,3-4,8-11,13H2,1-2H3,(H2,22,23,24). The van der Waals surface area contributed by atoms with E-state index in [2.05, 4.69) is 21.7 Å². The zero-order chi connectivity index (χ0) is 18.3. The van der Waals surface area contributed by atoms with Gasteiger partial charge in [-0.3, -0.25) is 4.99 Å². The van der Waals surface area contributed by atoms with Gasteiger partial charge in [-0.05, 0) is 30.5 Å². The molecule has 7 heteroatoms. The van der Waals surface area contributed by atoms with Gasteiger partial charge in [0.15, 0.2) is 5.96 Å². The van der Waals surface area contributed by atoms with Crippen molar-refractivity contribution >= 4 is 5.96 Å². The van der Waals surface area contributed by atoms with E-state index in [-0.39, 0.29) is 12.0 Å². The number of benzene rings is 1. The Hall–Kier alpha value is -1.92. The van der Waals surface area contributed by atoms with Gasteiger partial charge in [0.2, 0.25) is 0 Å². The third kappa shape index (κ3) is 5.54. The minimum Gasteiger partial charge on any atom is -0.497 e. The summed E-state index contributed by atoms with van der Waals surface area (Å²) in [4.78, 5) is 4.03. The number of hydrogen-bond donors (Lipinski definition) is 2. The van der Waals surface area contributed by atoms with Crippen LogP contribution in [0.5, 0.6) is 5.75 Å². The second-order valence-electron chi connectivity index (χ2n) is 6.44. The van der Waals surface area contributed by atoms with Crippen LogP contribution in [-0.4, -0.2) is 39.4 Å². The zero-order valence-corrected chi connectivity index (χ0v) is 14.7. The molecule has 0 radical (unpaired) electrons. The van der Waals surface area contributed by atoms with Gasteiger partial charge in [0.1, 0.15) is 5.75 Å². The number of ether oxygens (including phenoxy) is 1. The Morgan fingerprint density at radius 1 is 1.24 bits per heavy atom. The number of hydrogen-bond acceptors (Lipinski definition) is 2. The minimum absolute atomic E-state index is 0.0454. The predicted octanol–water partition coefficient (Wildman–Crippen LogP) is 3.62. The number of nitrogens with zero attached hydrogens (tertiary/aromatic N) is 1. The molecule has 1 fully saturated rings. The van der Waals surface area contributed by atoms with Crippen LogP contribution in [0.4, 0.5) is 13.2 Å². The molecule has 0 aliphatic heterocycles. The lowest BCUT2D eigenvalue weighted by Gasteiger charge is -2.31. The van der Waals surface area contributed by atoms with Crippen LogP contribution < -0.4 is 15.4 Å². The summed E-state index contributed by atoms with van der Waals surface area (Å²) in [5.74, 6) is 1.22. The largest absolute Gasteiger partial charge is 0.497 e. The molecule has 25 heavy (non-hydrogen) atoms. The SMILES string of the molecule is CN=C(NCCC(F)(F)F)NCC1(c2cccc(OC)c2)CCCC1. The maximum atomic E-state index is 12.3. The van der Waals surface area contributed by atoms with Crippen molar-refractivity contribution in [2.45, 2.75) is 43.7 Å². The van der Waals surface area contributed by atoms with E-state index >= 15 is 0 Å². The number of guanidine groups is 1.